The van der Waals surface area contributed by atoms with Crippen LogP contribution < -0.4 is 14.2 Å². The molecule has 0 atom stereocenters. The third-order valence-corrected chi connectivity index (χ3v) is 3.43. The standard InChI is InChI=1S/C13H18N2O5S/c1-19-9-7-14-21(17,18)15-12-10-11(4-3-8-16)5-6-13(12)20-2/h5-6,10,14-16H,7-9H2,1-2H3. The first-order chi connectivity index (χ1) is 10.0. The van der Waals surface area contributed by atoms with E-state index in [-0.39, 0.29) is 25.4 Å². The summed E-state index contributed by atoms with van der Waals surface area (Å²) in [5.74, 6) is 5.55. The van der Waals surface area contributed by atoms with Crippen molar-refractivity contribution in [2.75, 3.05) is 38.7 Å². The van der Waals surface area contributed by atoms with E-state index < -0.39 is 10.2 Å². The van der Waals surface area contributed by atoms with Crippen LogP contribution in [0.2, 0.25) is 0 Å². The van der Waals surface area contributed by atoms with Crippen molar-refractivity contribution in [2.45, 2.75) is 0 Å². The summed E-state index contributed by atoms with van der Waals surface area (Å²) in [6, 6.07) is 4.78. The Kier molecular flexibility index (Phi) is 6.98. The van der Waals surface area contributed by atoms with Crippen LogP contribution >= 0.6 is 0 Å². The van der Waals surface area contributed by atoms with Gasteiger partial charge < -0.3 is 14.6 Å². The van der Waals surface area contributed by atoms with Gasteiger partial charge in [-0.2, -0.15) is 13.1 Å². The van der Waals surface area contributed by atoms with Crippen LogP contribution in [0.15, 0.2) is 18.2 Å². The Hall–Kier alpha value is -1.79. The molecule has 0 radical (unpaired) electrons. The van der Waals surface area contributed by atoms with Crippen molar-refractivity contribution >= 4 is 15.9 Å². The van der Waals surface area contributed by atoms with E-state index in [1.54, 1.807) is 12.1 Å². The van der Waals surface area contributed by atoms with Crippen LogP contribution in [0.25, 0.3) is 0 Å². The summed E-state index contributed by atoms with van der Waals surface area (Å²) in [5.41, 5.74) is 0.812. The van der Waals surface area contributed by atoms with Gasteiger partial charge in [0.05, 0.1) is 19.4 Å². The van der Waals surface area contributed by atoms with Crippen molar-refractivity contribution in [3.63, 3.8) is 0 Å². The first kappa shape index (κ1) is 17.3. The summed E-state index contributed by atoms with van der Waals surface area (Å²) in [6.07, 6.45) is 0. The van der Waals surface area contributed by atoms with Gasteiger partial charge in [-0.05, 0) is 18.2 Å². The Labute approximate surface area is 124 Å². The predicted molar refractivity (Wildman–Crippen MR) is 79.4 cm³/mol. The average molecular weight is 314 g/mol. The molecule has 0 aromatic heterocycles. The van der Waals surface area contributed by atoms with Gasteiger partial charge in [0.2, 0.25) is 0 Å². The molecule has 0 aliphatic carbocycles. The zero-order chi connectivity index (χ0) is 15.7. The summed E-state index contributed by atoms with van der Waals surface area (Å²) in [4.78, 5) is 0. The van der Waals surface area contributed by atoms with E-state index in [0.29, 0.717) is 11.3 Å². The van der Waals surface area contributed by atoms with E-state index in [9.17, 15) is 8.42 Å². The minimum Gasteiger partial charge on any atom is -0.495 e. The Bertz CT molecular complexity index is 619. The van der Waals surface area contributed by atoms with Crippen LogP contribution in [0.1, 0.15) is 5.56 Å². The average Bonchev–Trinajstić information content (AvgIpc) is 2.45. The predicted octanol–water partition coefficient (Wildman–Crippen LogP) is -0.0683. The second-order valence-corrected chi connectivity index (χ2v) is 5.37. The molecule has 0 aliphatic rings. The minimum atomic E-state index is -3.73. The molecule has 0 saturated carbocycles. The number of hydrogen-bond acceptors (Lipinski definition) is 5. The van der Waals surface area contributed by atoms with Gasteiger partial charge >= 0.3 is 0 Å². The number of nitrogens with one attached hydrogen (secondary N) is 2. The number of rotatable bonds is 7. The lowest BCUT2D eigenvalue weighted by molar-refractivity contribution is 0.204. The molecule has 0 aliphatic heterocycles. The highest BCUT2D eigenvalue weighted by molar-refractivity contribution is 7.90. The molecule has 0 heterocycles. The summed E-state index contributed by atoms with van der Waals surface area (Å²) < 4.78 is 38.3. The Balaban J connectivity index is 2.94. The maximum absolute atomic E-state index is 11.9. The lowest BCUT2D eigenvalue weighted by atomic mass is 10.2. The molecule has 7 nitrogen and oxygen atoms in total. The molecule has 0 amide bonds. The van der Waals surface area contributed by atoms with Crippen molar-refractivity contribution in [3.05, 3.63) is 23.8 Å². The Morgan fingerprint density at radius 1 is 1.33 bits per heavy atom. The maximum atomic E-state index is 11.9. The molecule has 8 heteroatoms. The van der Waals surface area contributed by atoms with E-state index in [4.69, 9.17) is 14.6 Å². The van der Waals surface area contributed by atoms with Gasteiger partial charge in [0.25, 0.3) is 10.2 Å². The first-order valence-electron chi connectivity index (χ1n) is 6.06. The number of methoxy groups -OCH3 is 2. The fourth-order valence-electron chi connectivity index (χ4n) is 1.47. The van der Waals surface area contributed by atoms with Crippen molar-refractivity contribution in [1.82, 2.24) is 4.72 Å². The maximum Gasteiger partial charge on any atom is 0.299 e. The summed E-state index contributed by atoms with van der Waals surface area (Å²) in [7, 11) is -0.819. The monoisotopic (exact) mass is 314 g/mol. The van der Waals surface area contributed by atoms with Gasteiger partial charge in [0, 0.05) is 19.2 Å². The molecule has 0 bridgehead atoms. The fraction of sp³-hybridized carbons (Fsp3) is 0.385. The third-order valence-electron chi connectivity index (χ3n) is 2.35. The second-order valence-electron chi connectivity index (χ2n) is 3.87. The smallest absolute Gasteiger partial charge is 0.299 e. The zero-order valence-electron chi connectivity index (χ0n) is 11.8. The number of ether oxygens (including phenoxy) is 2. The quantitative estimate of drug-likeness (QED) is 0.484. The summed E-state index contributed by atoms with van der Waals surface area (Å²) in [5, 5.41) is 8.67. The molecule has 3 N–H and O–H groups in total. The van der Waals surface area contributed by atoms with Gasteiger partial charge in [-0.15, -0.1) is 0 Å². The second kappa shape index (κ2) is 8.49. The van der Waals surface area contributed by atoms with Crippen LogP contribution in [0.3, 0.4) is 0 Å². The minimum absolute atomic E-state index is 0.151. The topological polar surface area (TPSA) is 96.9 Å². The molecule has 0 spiro atoms. The Morgan fingerprint density at radius 2 is 2.10 bits per heavy atom. The highest BCUT2D eigenvalue weighted by atomic mass is 32.2. The number of hydrogen-bond donors (Lipinski definition) is 3. The van der Waals surface area contributed by atoms with E-state index in [2.05, 4.69) is 21.3 Å². The van der Waals surface area contributed by atoms with E-state index in [1.165, 1.54) is 20.3 Å². The zero-order valence-corrected chi connectivity index (χ0v) is 12.7. The third kappa shape index (κ3) is 6.01. The molecule has 21 heavy (non-hydrogen) atoms. The number of benzene rings is 1. The molecular formula is C13H18N2O5S. The van der Waals surface area contributed by atoms with Crippen molar-refractivity contribution in [1.29, 1.82) is 0 Å². The van der Waals surface area contributed by atoms with Crippen LogP contribution in [0, 0.1) is 11.8 Å². The SMILES string of the molecule is COCCNS(=O)(=O)Nc1cc(C#CCO)ccc1OC. The first-order valence-corrected chi connectivity index (χ1v) is 7.55. The van der Waals surface area contributed by atoms with Crippen molar-refractivity contribution in [2.24, 2.45) is 0 Å². The lowest BCUT2D eigenvalue weighted by Crippen LogP contribution is -2.32. The molecule has 1 aromatic rings. The molecule has 0 fully saturated rings. The molecule has 1 aromatic carbocycles. The normalized spacial score (nSPS) is 10.6. The van der Waals surface area contributed by atoms with Gasteiger partial charge in [0.1, 0.15) is 12.4 Å². The van der Waals surface area contributed by atoms with Crippen LogP contribution in [-0.4, -0.2) is 47.5 Å². The van der Waals surface area contributed by atoms with Gasteiger partial charge in [-0.3, -0.25) is 4.72 Å². The fourth-order valence-corrected chi connectivity index (χ4v) is 2.34. The van der Waals surface area contributed by atoms with E-state index >= 15 is 0 Å². The number of aliphatic hydroxyl groups is 1. The highest BCUT2D eigenvalue weighted by Gasteiger charge is 2.13. The largest absolute Gasteiger partial charge is 0.495 e. The van der Waals surface area contributed by atoms with Crippen molar-refractivity contribution < 1.29 is 23.0 Å². The molecule has 0 saturated heterocycles. The highest BCUT2D eigenvalue weighted by Crippen LogP contribution is 2.25. The lowest BCUT2D eigenvalue weighted by Gasteiger charge is -2.12. The number of aliphatic hydroxyl groups excluding tert-OH is 1. The van der Waals surface area contributed by atoms with Crippen molar-refractivity contribution in [3.8, 4) is 17.6 Å². The molecular weight excluding hydrogens is 296 g/mol. The summed E-state index contributed by atoms with van der Waals surface area (Å²) in [6.45, 7) is 0.143. The summed E-state index contributed by atoms with van der Waals surface area (Å²) >= 11 is 0. The molecule has 1 rings (SSSR count). The van der Waals surface area contributed by atoms with Crippen LogP contribution in [0.4, 0.5) is 5.69 Å². The number of anilines is 1. The molecule has 116 valence electrons. The van der Waals surface area contributed by atoms with Gasteiger partial charge in [-0.25, -0.2) is 0 Å². The van der Waals surface area contributed by atoms with Gasteiger partial charge in [-0.1, -0.05) is 11.8 Å². The van der Waals surface area contributed by atoms with E-state index in [0.717, 1.165) is 0 Å². The molecule has 0 unspecified atom stereocenters. The van der Waals surface area contributed by atoms with E-state index in [1.807, 2.05) is 0 Å². The van der Waals surface area contributed by atoms with Gasteiger partial charge in [0.15, 0.2) is 0 Å². The van der Waals surface area contributed by atoms with Crippen LogP contribution in [0.5, 0.6) is 5.75 Å². The Morgan fingerprint density at radius 3 is 2.71 bits per heavy atom. The van der Waals surface area contributed by atoms with Crippen LogP contribution in [-0.2, 0) is 14.9 Å².